The lowest BCUT2D eigenvalue weighted by Crippen LogP contribution is -2.21. The minimum Gasteiger partial charge on any atom is -0.490 e. The van der Waals surface area contributed by atoms with Gasteiger partial charge in [-0.25, -0.2) is 4.79 Å². The lowest BCUT2D eigenvalue weighted by Gasteiger charge is -2.14. The molecule has 1 aromatic heterocycles. The highest BCUT2D eigenvalue weighted by atomic mass is 16.5. The Labute approximate surface area is 185 Å². The first-order valence-corrected chi connectivity index (χ1v) is 10.2. The maximum Gasteiger partial charge on any atom is 0.338 e. The molecule has 168 valence electrons. The lowest BCUT2D eigenvalue weighted by atomic mass is 10.2. The molecular formula is C23H25N3O6. The number of nitrogens with zero attached hydrogens (tertiary/aromatic N) is 2. The average Bonchev–Trinajstić information content (AvgIpc) is 3.25. The molecule has 3 rings (SSSR count). The molecule has 9 nitrogen and oxygen atoms in total. The summed E-state index contributed by atoms with van der Waals surface area (Å²) in [5.74, 6) is 0.304. The summed E-state index contributed by atoms with van der Waals surface area (Å²) >= 11 is 0. The van der Waals surface area contributed by atoms with Gasteiger partial charge in [-0.3, -0.25) is 10.1 Å². The first-order valence-electron chi connectivity index (χ1n) is 10.2. The molecule has 1 N–H and O–H groups in total. The van der Waals surface area contributed by atoms with Gasteiger partial charge in [-0.1, -0.05) is 37.1 Å². The van der Waals surface area contributed by atoms with E-state index in [-0.39, 0.29) is 17.5 Å². The second-order valence-electron chi connectivity index (χ2n) is 7.20. The molecule has 0 atom stereocenters. The number of aromatic nitrogens is 2. The molecular weight excluding hydrogens is 414 g/mol. The molecule has 0 saturated carbocycles. The Kier molecular flexibility index (Phi) is 7.80. The smallest absolute Gasteiger partial charge is 0.338 e. The van der Waals surface area contributed by atoms with E-state index in [0.717, 1.165) is 5.56 Å². The van der Waals surface area contributed by atoms with Crippen molar-refractivity contribution >= 4 is 17.9 Å². The van der Waals surface area contributed by atoms with Gasteiger partial charge in [0, 0.05) is 5.56 Å². The molecule has 2 aromatic carbocycles. The van der Waals surface area contributed by atoms with Crippen LogP contribution in [-0.4, -0.2) is 41.9 Å². The summed E-state index contributed by atoms with van der Waals surface area (Å²) in [7, 11) is 0. The molecule has 0 fully saturated rings. The van der Waals surface area contributed by atoms with E-state index in [1.807, 2.05) is 39.0 Å². The monoisotopic (exact) mass is 439 g/mol. The van der Waals surface area contributed by atoms with Crippen LogP contribution in [0.5, 0.6) is 11.5 Å². The minimum absolute atomic E-state index is 0.0878. The number of carbonyl (C=O) groups excluding carboxylic acids is 2. The third kappa shape index (κ3) is 6.31. The van der Waals surface area contributed by atoms with E-state index in [4.69, 9.17) is 18.6 Å². The number of benzene rings is 2. The van der Waals surface area contributed by atoms with Crippen LogP contribution in [0.1, 0.15) is 31.1 Å². The molecule has 0 bridgehead atoms. The van der Waals surface area contributed by atoms with Crippen molar-refractivity contribution in [3.05, 3.63) is 54.1 Å². The van der Waals surface area contributed by atoms with Crippen LogP contribution in [0.15, 0.2) is 52.9 Å². The summed E-state index contributed by atoms with van der Waals surface area (Å²) in [6.07, 6.45) is 0. The van der Waals surface area contributed by atoms with Crippen LogP contribution in [0.25, 0.3) is 11.5 Å². The minimum atomic E-state index is -0.674. The highest BCUT2D eigenvalue weighted by Gasteiger charge is 2.16. The zero-order chi connectivity index (χ0) is 22.9. The van der Waals surface area contributed by atoms with E-state index in [0.29, 0.717) is 30.6 Å². The predicted octanol–water partition coefficient (Wildman–Crippen LogP) is 3.97. The summed E-state index contributed by atoms with van der Waals surface area (Å²) in [5.41, 5.74) is 0.958. The predicted molar refractivity (Wildman–Crippen MR) is 117 cm³/mol. The van der Waals surface area contributed by atoms with Crippen molar-refractivity contribution in [2.75, 3.05) is 25.1 Å². The third-order valence-electron chi connectivity index (χ3n) is 4.08. The number of hydrogen-bond donors (Lipinski definition) is 1. The number of amides is 1. The molecule has 0 aliphatic rings. The van der Waals surface area contributed by atoms with Crippen LogP contribution in [-0.2, 0) is 9.53 Å². The van der Waals surface area contributed by atoms with Crippen molar-refractivity contribution in [3.8, 4) is 23.0 Å². The number of rotatable bonds is 10. The Morgan fingerprint density at radius 1 is 1.03 bits per heavy atom. The fourth-order valence-corrected chi connectivity index (χ4v) is 2.62. The van der Waals surface area contributed by atoms with Gasteiger partial charge >= 0.3 is 12.0 Å². The highest BCUT2D eigenvalue weighted by Crippen LogP contribution is 2.29. The van der Waals surface area contributed by atoms with E-state index < -0.39 is 18.5 Å². The maximum absolute atomic E-state index is 12.4. The average molecular weight is 439 g/mol. The fraction of sp³-hybridized carbons (Fsp3) is 0.304. The van der Waals surface area contributed by atoms with Gasteiger partial charge in [0.15, 0.2) is 18.1 Å². The summed E-state index contributed by atoms with van der Waals surface area (Å²) in [6.45, 7) is 6.32. The van der Waals surface area contributed by atoms with Gasteiger partial charge in [0.05, 0.1) is 18.8 Å². The Hall–Kier alpha value is -3.88. The summed E-state index contributed by atoms with van der Waals surface area (Å²) in [6, 6.07) is 13.8. The van der Waals surface area contributed by atoms with Gasteiger partial charge in [-0.05, 0) is 43.2 Å². The second-order valence-corrected chi connectivity index (χ2v) is 7.20. The normalized spacial score (nSPS) is 10.6. The zero-order valence-corrected chi connectivity index (χ0v) is 18.2. The molecule has 0 spiro atoms. The van der Waals surface area contributed by atoms with Crippen LogP contribution in [0.4, 0.5) is 6.01 Å². The number of hydrogen-bond acceptors (Lipinski definition) is 8. The Morgan fingerprint density at radius 3 is 2.53 bits per heavy atom. The van der Waals surface area contributed by atoms with E-state index in [9.17, 15) is 9.59 Å². The van der Waals surface area contributed by atoms with Crippen molar-refractivity contribution in [2.45, 2.75) is 20.8 Å². The Bertz CT molecular complexity index is 1050. The van der Waals surface area contributed by atoms with Crippen LogP contribution in [0.2, 0.25) is 0 Å². The van der Waals surface area contributed by atoms with Crippen molar-refractivity contribution in [3.63, 3.8) is 0 Å². The summed E-state index contributed by atoms with van der Waals surface area (Å²) in [5, 5.41) is 10.1. The third-order valence-corrected chi connectivity index (χ3v) is 4.08. The molecule has 1 amide bonds. The number of ether oxygens (including phenoxy) is 3. The first-order chi connectivity index (χ1) is 15.5. The topological polar surface area (TPSA) is 113 Å². The van der Waals surface area contributed by atoms with Crippen molar-refractivity contribution < 1.29 is 28.2 Å². The van der Waals surface area contributed by atoms with Gasteiger partial charge in [-0.15, -0.1) is 5.10 Å². The van der Waals surface area contributed by atoms with Gasteiger partial charge in [-0.2, -0.15) is 0 Å². The number of anilines is 1. The van der Waals surface area contributed by atoms with E-state index in [1.165, 1.54) is 6.07 Å². The molecule has 1 heterocycles. The van der Waals surface area contributed by atoms with Gasteiger partial charge < -0.3 is 18.6 Å². The lowest BCUT2D eigenvalue weighted by molar-refractivity contribution is -0.119. The first kappa shape index (κ1) is 22.8. The van der Waals surface area contributed by atoms with Crippen LogP contribution in [0.3, 0.4) is 0 Å². The number of esters is 1. The fourth-order valence-electron chi connectivity index (χ4n) is 2.62. The SMILES string of the molecule is CCOc1cc(C(=O)OCC(=O)Nc2nnc(-c3ccccc3)o2)ccc1OCC(C)C. The molecule has 3 aromatic rings. The van der Waals surface area contributed by atoms with Crippen LogP contribution < -0.4 is 14.8 Å². The second kappa shape index (κ2) is 10.9. The largest absolute Gasteiger partial charge is 0.490 e. The van der Waals surface area contributed by atoms with Gasteiger partial charge in [0.25, 0.3) is 5.91 Å². The maximum atomic E-state index is 12.4. The molecule has 0 aliphatic carbocycles. The quantitative estimate of drug-likeness (QED) is 0.472. The number of carbonyl (C=O) groups is 2. The standard InChI is InChI=1S/C23H25N3O6/c1-4-29-19-12-17(10-11-18(19)30-13-15(2)3)22(28)31-14-20(27)24-23-26-25-21(32-23)16-8-6-5-7-9-16/h5-12,15H,4,13-14H2,1-3H3,(H,24,26,27). The zero-order valence-electron chi connectivity index (χ0n) is 18.2. The van der Waals surface area contributed by atoms with Gasteiger partial charge in [0.1, 0.15) is 0 Å². The summed E-state index contributed by atoms with van der Waals surface area (Å²) < 4.78 is 21.8. The van der Waals surface area contributed by atoms with Crippen molar-refractivity contribution in [2.24, 2.45) is 5.92 Å². The number of nitrogens with one attached hydrogen (secondary N) is 1. The van der Waals surface area contributed by atoms with Crippen LogP contribution >= 0.6 is 0 Å². The van der Waals surface area contributed by atoms with Crippen molar-refractivity contribution in [1.29, 1.82) is 0 Å². The molecule has 0 aliphatic heterocycles. The van der Waals surface area contributed by atoms with E-state index in [1.54, 1.807) is 24.3 Å². The molecule has 9 heteroatoms. The Balaban J connectivity index is 1.56. The molecule has 32 heavy (non-hydrogen) atoms. The molecule has 0 unspecified atom stereocenters. The van der Waals surface area contributed by atoms with Gasteiger partial charge in [0.2, 0.25) is 5.89 Å². The van der Waals surface area contributed by atoms with Crippen molar-refractivity contribution in [1.82, 2.24) is 10.2 Å². The van der Waals surface area contributed by atoms with E-state index in [2.05, 4.69) is 15.5 Å². The summed E-state index contributed by atoms with van der Waals surface area (Å²) in [4.78, 5) is 24.5. The highest BCUT2D eigenvalue weighted by molar-refractivity contribution is 5.94. The molecule has 0 radical (unpaired) electrons. The van der Waals surface area contributed by atoms with E-state index >= 15 is 0 Å². The Morgan fingerprint density at radius 2 is 1.81 bits per heavy atom. The molecule has 0 saturated heterocycles. The van der Waals surface area contributed by atoms with Crippen LogP contribution in [0, 0.1) is 5.92 Å².